The number of carbonyl (C=O) groups excluding carboxylic acids is 2. The van der Waals surface area contributed by atoms with Gasteiger partial charge in [-0.1, -0.05) is 30.3 Å². The second-order valence-electron chi connectivity index (χ2n) is 3.93. The van der Waals surface area contributed by atoms with Crippen LogP contribution in [0.3, 0.4) is 0 Å². The summed E-state index contributed by atoms with van der Waals surface area (Å²) in [6, 6.07) is 9.61. The van der Waals surface area contributed by atoms with Gasteiger partial charge in [-0.05, 0) is 13.0 Å². The molecule has 1 heterocycles. The van der Waals surface area contributed by atoms with Gasteiger partial charge in [-0.25, -0.2) is 4.98 Å². The fourth-order valence-corrected chi connectivity index (χ4v) is 2.44. The molecule has 20 heavy (non-hydrogen) atoms. The summed E-state index contributed by atoms with van der Waals surface area (Å²) in [5, 5.41) is 13.2. The van der Waals surface area contributed by atoms with Gasteiger partial charge in [-0.3, -0.25) is 10.1 Å². The molecular formula is C14H11N2O3S-. The fraction of sp³-hybridized carbons (Fsp3) is 0.0714. The van der Waals surface area contributed by atoms with Crippen LogP contribution in [0.25, 0.3) is 11.3 Å². The first-order chi connectivity index (χ1) is 9.56. The number of benzene rings is 1. The molecule has 1 amide bonds. The number of rotatable bonds is 4. The summed E-state index contributed by atoms with van der Waals surface area (Å²) in [7, 11) is 0. The fourth-order valence-electron chi connectivity index (χ4n) is 1.60. The first kappa shape index (κ1) is 14.0. The van der Waals surface area contributed by atoms with Crippen molar-refractivity contribution >= 4 is 28.3 Å². The Morgan fingerprint density at radius 3 is 2.60 bits per heavy atom. The van der Waals surface area contributed by atoms with Crippen molar-refractivity contribution in [2.24, 2.45) is 0 Å². The van der Waals surface area contributed by atoms with Gasteiger partial charge in [0.05, 0.1) is 11.7 Å². The molecule has 0 fully saturated rings. The van der Waals surface area contributed by atoms with Crippen LogP contribution in [0.1, 0.15) is 4.88 Å². The summed E-state index contributed by atoms with van der Waals surface area (Å²) in [5.41, 5.74) is 1.77. The molecule has 0 radical (unpaired) electrons. The maximum absolute atomic E-state index is 11.5. The molecule has 0 aliphatic heterocycles. The van der Waals surface area contributed by atoms with Gasteiger partial charge in [-0.2, -0.15) is 0 Å². The molecular weight excluding hydrogens is 276 g/mol. The Morgan fingerprint density at radius 1 is 1.25 bits per heavy atom. The van der Waals surface area contributed by atoms with Crippen LogP contribution in [0.2, 0.25) is 0 Å². The minimum absolute atomic E-state index is 0.425. The van der Waals surface area contributed by atoms with Gasteiger partial charge >= 0.3 is 0 Å². The van der Waals surface area contributed by atoms with E-state index in [0.717, 1.165) is 22.2 Å². The number of carboxylic acids is 1. The van der Waals surface area contributed by atoms with Gasteiger partial charge in [0.15, 0.2) is 5.13 Å². The lowest BCUT2D eigenvalue weighted by Crippen LogP contribution is -2.20. The van der Waals surface area contributed by atoms with E-state index in [1.807, 2.05) is 37.3 Å². The van der Waals surface area contributed by atoms with Crippen LogP contribution in [0.5, 0.6) is 0 Å². The molecule has 0 atom stereocenters. The number of aliphatic carboxylic acids is 1. The number of aromatic nitrogens is 1. The molecule has 1 aromatic heterocycles. The summed E-state index contributed by atoms with van der Waals surface area (Å²) in [6.07, 6.45) is 1.57. The van der Waals surface area contributed by atoms with Crippen LogP contribution < -0.4 is 10.4 Å². The van der Waals surface area contributed by atoms with Crippen LogP contribution in [0.15, 0.2) is 42.5 Å². The molecule has 0 bridgehead atoms. The van der Waals surface area contributed by atoms with E-state index in [1.165, 1.54) is 11.3 Å². The number of carboxylic acid groups (broad SMARTS) is 1. The summed E-state index contributed by atoms with van der Waals surface area (Å²) >= 11 is 1.33. The highest BCUT2D eigenvalue weighted by atomic mass is 32.1. The molecule has 5 nitrogen and oxygen atoms in total. The number of anilines is 1. The van der Waals surface area contributed by atoms with Crippen molar-refractivity contribution in [2.45, 2.75) is 6.92 Å². The van der Waals surface area contributed by atoms with Crippen molar-refractivity contribution in [3.8, 4) is 11.3 Å². The lowest BCUT2D eigenvalue weighted by molar-refractivity contribution is -0.297. The normalized spacial score (nSPS) is 10.7. The Bertz CT molecular complexity index is 662. The number of hydrogen-bond donors (Lipinski definition) is 1. The third-order valence-electron chi connectivity index (χ3n) is 2.44. The van der Waals surface area contributed by atoms with Gasteiger partial charge < -0.3 is 9.90 Å². The number of hydrogen-bond acceptors (Lipinski definition) is 5. The first-order valence-electron chi connectivity index (χ1n) is 5.79. The Morgan fingerprint density at radius 2 is 1.95 bits per heavy atom. The van der Waals surface area contributed by atoms with Crippen LogP contribution in [0, 0.1) is 6.92 Å². The van der Waals surface area contributed by atoms with Crippen LogP contribution >= 0.6 is 11.3 Å². The molecule has 0 spiro atoms. The maximum atomic E-state index is 11.5. The molecule has 0 aliphatic carbocycles. The minimum atomic E-state index is -1.42. The Balaban J connectivity index is 2.16. The monoisotopic (exact) mass is 287 g/mol. The highest BCUT2D eigenvalue weighted by Gasteiger charge is 2.10. The summed E-state index contributed by atoms with van der Waals surface area (Å²) < 4.78 is 0. The van der Waals surface area contributed by atoms with E-state index in [4.69, 9.17) is 0 Å². The molecule has 1 aromatic carbocycles. The minimum Gasteiger partial charge on any atom is -0.545 e. The quantitative estimate of drug-likeness (QED) is 0.861. The third-order valence-corrected chi connectivity index (χ3v) is 3.33. The predicted molar refractivity (Wildman–Crippen MR) is 75.1 cm³/mol. The van der Waals surface area contributed by atoms with Crippen molar-refractivity contribution in [2.75, 3.05) is 5.32 Å². The summed E-state index contributed by atoms with van der Waals surface area (Å²) in [4.78, 5) is 27.0. The zero-order valence-electron chi connectivity index (χ0n) is 10.6. The number of carbonyl (C=O) groups is 2. The predicted octanol–water partition coefficient (Wildman–Crippen LogP) is 1.36. The topological polar surface area (TPSA) is 82.1 Å². The lowest BCUT2D eigenvalue weighted by Gasteiger charge is -1.97. The molecule has 0 saturated carbocycles. The number of amides is 1. The van der Waals surface area contributed by atoms with Crippen LogP contribution in [-0.2, 0) is 9.59 Å². The molecule has 0 unspecified atom stereocenters. The Hall–Kier alpha value is -2.47. The van der Waals surface area contributed by atoms with Gasteiger partial charge in [-0.15, -0.1) is 11.3 Å². The van der Waals surface area contributed by atoms with E-state index in [9.17, 15) is 14.7 Å². The molecule has 6 heteroatoms. The smallest absolute Gasteiger partial charge is 0.250 e. The zero-order chi connectivity index (χ0) is 14.5. The SMILES string of the molecule is Cc1sc(NC(=O)/C=C/C(=O)[O-])nc1-c1ccccc1. The standard InChI is InChI=1S/C14H12N2O3S/c1-9-13(10-5-3-2-4-6-10)16-14(20-9)15-11(17)7-8-12(18)19/h2-8H,1H3,(H,18,19)(H,15,16,17)/p-1/b8-7+. The zero-order valence-corrected chi connectivity index (χ0v) is 11.4. The van der Waals surface area contributed by atoms with Crippen molar-refractivity contribution < 1.29 is 14.7 Å². The number of nitrogens with one attached hydrogen (secondary N) is 1. The van der Waals surface area contributed by atoms with Gasteiger partial charge in [0.1, 0.15) is 0 Å². The van der Waals surface area contributed by atoms with Gasteiger partial charge in [0, 0.05) is 16.5 Å². The Labute approximate surface area is 119 Å². The second kappa shape index (κ2) is 6.12. The Kier molecular flexibility index (Phi) is 4.27. The van der Waals surface area contributed by atoms with E-state index in [1.54, 1.807) is 0 Å². The maximum Gasteiger partial charge on any atom is 0.250 e. The number of aryl methyl sites for hydroxylation is 1. The van der Waals surface area contributed by atoms with E-state index in [-0.39, 0.29) is 0 Å². The average molecular weight is 287 g/mol. The van der Waals surface area contributed by atoms with Gasteiger partial charge in [0.2, 0.25) is 5.91 Å². The molecule has 2 rings (SSSR count). The third kappa shape index (κ3) is 3.52. The average Bonchev–Trinajstić information content (AvgIpc) is 2.78. The van der Waals surface area contributed by atoms with Crippen LogP contribution in [0.4, 0.5) is 5.13 Å². The van der Waals surface area contributed by atoms with E-state index in [2.05, 4.69) is 10.3 Å². The number of thiazole rings is 1. The van der Waals surface area contributed by atoms with E-state index < -0.39 is 11.9 Å². The molecule has 1 N–H and O–H groups in total. The largest absolute Gasteiger partial charge is 0.545 e. The molecule has 2 aromatic rings. The highest BCUT2D eigenvalue weighted by molar-refractivity contribution is 7.16. The van der Waals surface area contributed by atoms with Crippen molar-refractivity contribution in [3.63, 3.8) is 0 Å². The van der Waals surface area contributed by atoms with Crippen molar-refractivity contribution in [3.05, 3.63) is 47.4 Å². The lowest BCUT2D eigenvalue weighted by atomic mass is 10.1. The van der Waals surface area contributed by atoms with E-state index >= 15 is 0 Å². The molecule has 0 aliphatic rings. The van der Waals surface area contributed by atoms with Crippen molar-refractivity contribution in [1.82, 2.24) is 4.98 Å². The highest BCUT2D eigenvalue weighted by Crippen LogP contribution is 2.30. The summed E-state index contributed by atoms with van der Waals surface area (Å²) in [5.74, 6) is -1.97. The van der Waals surface area contributed by atoms with Gasteiger partial charge in [0.25, 0.3) is 0 Å². The van der Waals surface area contributed by atoms with E-state index in [0.29, 0.717) is 11.2 Å². The molecule has 102 valence electrons. The number of nitrogens with zero attached hydrogens (tertiary/aromatic N) is 1. The van der Waals surface area contributed by atoms with Crippen molar-refractivity contribution in [1.29, 1.82) is 0 Å². The summed E-state index contributed by atoms with van der Waals surface area (Å²) in [6.45, 7) is 1.91. The molecule has 0 saturated heterocycles. The second-order valence-corrected chi connectivity index (χ2v) is 5.13. The van der Waals surface area contributed by atoms with Crippen LogP contribution in [-0.4, -0.2) is 16.9 Å². The first-order valence-corrected chi connectivity index (χ1v) is 6.61.